The van der Waals surface area contributed by atoms with Gasteiger partial charge in [0.2, 0.25) is 11.8 Å². The number of amides is 3. The summed E-state index contributed by atoms with van der Waals surface area (Å²) in [6.07, 6.45) is 4.34. The highest BCUT2D eigenvalue weighted by Gasteiger charge is 2.48. The van der Waals surface area contributed by atoms with Crippen LogP contribution in [0.2, 0.25) is 0 Å². The first-order valence-electron chi connectivity index (χ1n) is 11.9. The van der Waals surface area contributed by atoms with Gasteiger partial charge in [-0.2, -0.15) is 0 Å². The zero-order valence-electron chi connectivity index (χ0n) is 20.0. The van der Waals surface area contributed by atoms with E-state index in [0.717, 1.165) is 24.6 Å². The van der Waals surface area contributed by atoms with Crippen LogP contribution in [0.5, 0.6) is 0 Å². The van der Waals surface area contributed by atoms with Crippen molar-refractivity contribution in [3.63, 3.8) is 0 Å². The number of nitrogens with one attached hydrogen (secondary N) is 3. The number of fused-ring (bicyclic) bond motifs is 2. The number of aromatic nitrogens is 1. The van der Waals surface area contributed by atoms with E-state index in [9.17, 15) is 14.4 Å². The molecule has 0 radical (unpaired) electrons. The molecule has 5 atom stereocenters. The Morgan fingerprint density at radius 3 is 2.65 bits per heavy atom. The van der Waals surface area contributed by atoms with Crippen LogP contribution in [0.25, 0.3) is 10.9 Å². The minimum Gasteiger partial charge on any atom is -0.347 e. The van der Waals surface area contributed by atoms with Crippen molar-refractivity contribution < 1.29 is 14.4 Å². The lowest BCUT2D eigenvalue weighted by Crippen LogP contribution is -2.57. The van der Waals surface area contributed by atoms with E-state index in [-0.39, 0.29) is 29.8 Å². The second-order valence-corrected chi connectivity index (χ2v) is 9.41. The van der Waals surface area contributed by atoms with Crippen LogP contribution in [0, 0.1) is 5.92 Å². The number of rotatable bonds is 7. The Balaban J connectivity index is 1.52. The molecule has 1 aliphatic carbocycles. The number of likely N-dealkylation sites (N-methyl/N-ethyl adjacent to an activating group) is 1. The Morgan fingerprint density at radius 1 is 1.15 bits per heavy atom. The monoisotopic (exact) mass is 463 g/mol. The van der Waals surface area contributed by atoms with E-state index in [4.69, 9.17) is 0 Å². The molecule has 3 N–H and O–H groups in total. The summed E-state index contributed by atoms with van der Waals surface area (Å²) in [6.45, 7) is 8.05. The van der Waals surface area contributed by atoms with Gasteiger partial charge in [-0.1, -0.05) is 24.8 Å². The average molecular weight is 464 g/mol. The fraction of sp³-hybridized carbons (Fsp3) is 0.462. The van der Waals surface area contributed by atoms with Crippen molar-refractivity contribution in [3.8, 4) is 0 Å². The molecule has 4 rings (SSSR count). The summed E-state index contributed by atoms with van der Waals surface area (Å²) in [7, 11) is 1.70. The molecule has 2 aliphatic rings. The minimum atomic E-state index is -0.790. The number of carbonyl (C=O) groups excluding carboxylic acids is 3. The maximum Gasteiger partial charge on any atom is 0.253 e. The van der Waals surface area contributed by atoms with E-state index < -0.39 is 12.1 Å². The molecule has 1 saturated carbocycles. The number of benzene rings is 1. The average Bonchev–Trinajstić information content (AvgIpc) is 3.43. The minimum absolute atomic E-state index is 0.0974. The summed E-state index contributed by atoms with van der Waals surface area (Å²) in [6, 6.07) is 7.89. The van der Waals surface area contributed by atoms with Gasteiger partial charge in [-0.15, -0.1) is 0 Å². The van der Waals surface area contributed by atoms with Gasteiger partial charge in [-0.05, 0) is 63.8 Å². The summed E-state index contributed by atoms with van der Waals surface area (Å²) in [5.74, 6) is -0.261. The first-order chi connectivity index (χ1) is 16.3. The lowest BCUT2D eigenvalue weighted by atomic mass is 10.0. The Bertz CT molecular complexity index is 1110. The normalized spacial score (nSPS) is 23.3. The van der Waals surface area contributed by atoms with Crippen LogP contribution in [-0.4, -0.2) is 65.4 Å². The molecule has 1 aromatic heterocycles. The predicted molar refractivity (Wildman–Crippen MR) is 131 cm³/mol. The smallest absolute Gasteiger partial charge is 0.253 e. The standard InChI is InChI=1S/C26H33N5O3/c1-15(2)21(30-24(32)16(3)27-4)26(34)31-14-12-18-10-11-20(23(18)31)29-25(33)19-9-5-7-17-8-6-13-28-22(17)19/h5-9,13,16,18,20-21,23,27H,1,10-12,14H2,2-4H3,(H,29,33)(H,30,32)/t16-,18?,20?,21-,23?/m0/s1. The van der Waals surface area contributed by atoms with E-state index in [1.165, 1.54) is 0 Å². The number of carbonyl (C=O) groups is 3. The van der Waals surface area contributed by atoms with Crippen LogP contribution in [0.15, 0.2) is 48.7 Å². The van der Waals surface area contributed by atoms with Gasteiger partial charge in [0.25, 0.3) is 5.91 Å². The molecular formula is C26H33N5O3. The first kappa shape index (κ1) is 23.9. The second-order valence-electron chi connectivity index (χ2n) is 9.41. The third-order valence-electron chi connectivity index (χ3n) is 7.17. The number of pyridine rings is 1. The quantitative estimate of drug-likeness (QED) is 0.545. The van der Waals surface area contributed by atoms with Crippen LogP contribution in [0.3, 0.4) is 0 Å². The summed E-state index contributed by atoms with van der Waals surface area (Å²) < 4.78 is 0. The summed E-state index contributed by atoms with van der Waals surface area (Å²) in [4.78, 5) is 45.5. The van der Waals surface area contributed by atoms with E-state index in [1.807, 2.05) is 29.2 Å². The van der Waals surface area contributed by atoms with E-state index >= 15 is 0 Å². The molecule has 2 aromatic rings. The highest BCUT2D eigenvalue weighted by molar-refractivity contribution is 6.05. The van der Waals surface area contributed by atoms with Crippen molar-refractivity contribution in [2.24, 2.45) is 5.92 Å². The number of nitrogens with zero attached hydrogens (tertiary/aromatic N) is 2. The molecule has 3 amide bonds. The molecule has 2 fully saturated rings. The van der Waals surface area contributed by atoms with Crippen molar-refractivity contribution in [3.05, 3.63) is 54.2 Å². The molecule has 8 nitrogen and oxygen atoms in total. The number of hydrogen-bond acceptors (Lipinski definition) is 5. The molecule has 2 heterocycles. The molecule has 1 aliphatic heterocycles. The maximum atomic E-state index is 13.6. The topological polar surface area (TPSA) is 103 Å². The van der Waals surface area contributed by atoms with E-state index in [0.29, 0.717) is 29.1 Å². The largest absolute Gasteiger partial charge is 0.347 e. The maximum absolute atomic E-state index is 13.6. The first-order valence-corrected chi connectivity index (χ1v) is 11.9. The van der Waals surface area contributed by atoms with Crippen LogP contribution < -0.4 is 16.0 Å². The lowest BCUT2D eigenvalue weighted by Gasteiger charge is -2.33. The van der Waals surface area contributed by atoms with Crippen LogP contribution in [-0.2, 0) is 9.59 Å². The molecule has 8 heteroatoms. The highest BCUT2D eigenvalue weighted by atomic mass is 16.2. The number of likely N-dealkylation sites (tertiary alicyclic amines) is 1. The Morgan fingerprint density at radius 2 is 1.91 bits per heavy atom. The third-order valence-corrected chi connectivity index (χ3v) is 7.17. The molecule has 34 heavy (non-hydrogen) atoms. The van der Waals surface area contributed by atoms with Gasteiger partial charge in [0, 0.05) is 24.2 Å². The lowest BCUT2D eigenvalue weighted by molar-refractivity contribution is -0.136. The van der Waals surface area contributed by atoms with Gasteiger partial charge >= 0.3 is 0 Å². The van der Waals surface area contributed by atoms with Crippen molar-refractivity contribution in [1.82, 2.24) is 25.8 Å². The number of para-hydroxylation sites is 1. The summed E-state index contributed by atoms with van der Waals surface area (Å²) in [5, 5.41) is 9.83. The van der Waals surface area contributed by atoms with Gasteiger partial charge in [0.15, 0.2) is 0 Å². The van der Waals surface area contributed by atoms with Crippen LogP contribution >= 0.6 is 0 Å². The molecule has 0 spiro atoms. The van der Waals surface area contributed by atoms with Crippen molar-refractivity contribution in [2.45, 2.75) is 57.3 Å². The fourth-order valence-corrected chi connectivity index (χ4v) is 5.21. The van der Waals surface area contributed by atoms with Crippen molar-refractivity contribution >= 4 is 28.6 Å². The van der Waals surface area contributed by atoms with Crippen LogP contribution in [0.1, 0.15) is 43.5 Å². The second kappa shape index (κ2) is 9.93. The Kier molecular flexibility index (Phi) is 6.97. The zero-order chi connectivity index (χ0) is 24.4. The van der Waals surface area contributed by atoms with E-state index in [1.54, 1.807) is 33.2 Å². The summed E-state index contributed by atoms with van der Waals surface area (Å²) in [5.41, 5.74) is 1.79. The molecule has 180 valence electrons. The molecule has 3 unspecified atom stereocenters. The van der Waals surface area contributed by atoms with Crippen molar-refractivity contribution in [2.75, 3.05) is 13.6 Å². The predicted octanol–water partition coefficient (Wildman–Crippen LogP) is 2.01. The third kappa shape index (κ3) is 4.55. The fourth-order valence-electron chi connectivity index (χ4n) is 5.21. The zero-order valence-corrected chi connectivity index (χ0v) is 20.0. The highest BCUT2D eigenvalue weighted by Crippen LogP contribution is 2.39. The van der Waals surface area contributed by atoms with Gasteiger partial charge in [0.1, 0.15) is 6.04 Å². The summed E-state index contributed by atoms with van der Waals surface area (Å²) >= 11 is 0. The van der Waals surface area contributed by atoms with Gasteiger partial charge in [-0.3, -0.25) is 19.4 Å². The van der Waals surface area contributed by atoms with Crippen LogP contribution in [0.4, 0.5) is 0 Å². The molecule has 1 saturated heterocycles. The van der Waals surface area contributed by atoms with Gasteiger partial charge in [-0.25, -0.2) is 0 Å². The molecule has 0 bridgehead atoms. The van der Waals surface area contributed by atoms with Gasteiger partial charge < -0.3 is 20.9 Å². The number of hydrogen-bond donors (Lipinski definition) is 3. The Labute approximate surface area is 200 Å². The van der Waals surface area contributed by atoms with Gasteiger partial charge in [0.05, 0.1) is 23.2 Å². The van der Waals surface area contributed by atoms with E-state index in [2.05, 4.69) is 27.5 Å². The SMILES string of the molecule is C=C(C)[C@H](NC(=O)[C@H](C)NC)C(=O)N1CCC2CCC(NC(=O)c3cccc4cccnc34)C21. The Hall–Kier alpha value is -3.26. The molecular weight excluding hydrogens is 430 g/mol. The van der Waals surface area contributed by atoms with Crippen molar-refractivity contribution in [1.29, 1.82) is 0 Å². The molecule has 1 aromatic carbocycles.